The van der Waals surface area contributed by atoms with Crippen molar-refractivity contribution in [2.45, 2.75) is 44.9 Å². The minimum atomic E-state index is -0.0447. The van der Waals surface area contributed by atoms with Crippen molar-refractivity contribution >= 4 is 0 Å². The third-order valence-corrected chi connectivity index (χ3v) is 2.61. The van der Waals surface area contributed by atoms with Crippen LogP contribution in [-0.2, 0) is 4.74 Å². The van der Waals surface area contributed by atoms with E-state index in [9.17, 15) is 0 Å². The molecular weight excluding hydrogens is 188 g/mol. The molecule has 0 amide bonds. The minimum absolute atomic E-state index is 0.0447. The molecule has 0 bridgehead atoms. The number of hydrogen-bond acceptors (Lipinski definition) is 2. The molecule has 2 heterocycles. The van der Waals surface area contributed by atoms with Crippen LogP contribution in [0, 0.1) is 0 Å². The maximum Gasteiger partial charge on any atom is 0.0725 e. The molecule has 1 aromatic rings. The summed E-state index contributed by atoms with van der Waals surface area (Å²) in [4.78, 5) is 3.24. The van der Waals surface area contributed by atoms with Crippen LogP contribution < -0.4 is 5.32 Å². The molecule has 2 atom stereocenters. The third kappa shape index (κ3) is 2.83. The summed E-state index contributed by atoms with van der Waals surface area (Å²) >= 11 is 0. The summed E-state index contributed by atoms with van der Waals surface area (Å²) in [5.41, 5.74) is 1.21. The average Bonchev–Trinajstić information content (AvgIpc) is 2.68. The minimum Gasteiger partial charge on any atom is -0.371 e. The highest BCUT2D eigenvalue weighted by atomic mass is 16.5. The SMILES string of the molecule is CC(C)(C)O[C@H]1CN[C@H](c2ccc[nH]2)C1. The summed E-state index contributed by atoms with van der Waals surface area (Å²) in [6.07, 6.45) is 3.35. The maximum absolute atomic E-state index is 5.95. The van der Waals surface area contributed by atoms with Crippen LogP contribution in [0.15, 0.2) is 18.3 Å². The van der Waals surface area contributed by atoms with E-state index in [1.54, 1.807) is 0 Å². The van der Waals surface area contributed by atoms with Gasteiger partial charge in [0.25, 0.3) is 0 Å². The molecule has 1 aromatic heterocycles. The number of aromatic amines is 1. The highest BCUT2D eigenvalue weighted by molar-refractivity contribution is 5.11. The molecule has 1 aliphatic heterocycles. The van der Waals surface area contributed by atoms with Crippen molar-refractivity contribution in [3.8, 4) is 0 Å². The highest BCUT2D eigenvalue weighted by Crippen LogP contribution is 2.26. The Bertz CT molecular complexity index is 300. The topological polar surface area (TPSA) is 37.0 Å². The molecule has 0 radical (unpaired) electrons. The molecular formula is C12H20N2O. The lowest BCUT2D eigenvalue weighted by Crippen LogP contribution is -2.28. The Hall–Kier alpha value is -0.800. The van der Waals surface area contributed by atoms with Crippen LogP contribution >= 0.6 is 0 Å². The van der Waals surface area contributed by atoms with Crippen molar-refractivity contribution in [1.29, 1.82) is 0 Å². The number of nitrogens with one attached hydrogen (secondary N) is 2. The second-order valence-electron chi connectivity index (χ2n) is 5.17. The second-order valence-corrected chi connectivity index (χ2v) is 5.17. The smallest absolute Gasteiger partial charge is 0.0725 e. The van der Waals surface area contributed by atoms with Gasteiger partial charge in [-0.1, -0.05) is 0 Å². The fourth-order valence-corrected chi connectivity index (χ4v) is 2.09. The number of hydrogen-bond donors (Lipinski definition) is 2. The van der Waals surface area contributed by atoms with Gasteiger partial charge in [-0.05, 0) is 39.3 Å². The van der Waals surface area contributed by atoms with Gasteiger partial charge in [0.05, 0.1) is 11.7 Å². The van der Waals surface area contributed by atoms with Crippen molar-refractivity contribution in [2.75, 3.05) is 6.54 Å². The molecule has 1 saturated heterocycles. The van der Waals surface area contributed by atoms with Crippen molar-refractivity contribution in [3.05, 3.63) is 24.0 Å². The van der Waals surface area contributed by atoms with E-state index in [4.69, 9.17) is 4.74 Å². The number of aromatic nitrogens is 1. The van der Waals surface area contributed by atoms with Gasteiger partial charge >= 0.3 is 0 Å². The molecule has 0 aromatic carbocycles. The summed E-state index contributed by atoms with van der Waals surface area (Å²) in [5.74, 6) is 0. The van der Waals surface area contributed by atoms with E-state index in [1.165, 1.54) is 5.69 Å². The first-order valence-electron chi connectivity index (χ1n) is 5.59. The maximum atomic E-state index is 5.95. The lowest BCUT2D eigenvalue weighted by molar-refractivity contribution is -0.0510. The highest BCUT2D eigenvalue weighted by Gasteiger charge is 2.29. The fourth-order valence-electron chi connectivity index (χ4n) is 2.09. The molecule has 0 spiro atoms. The summed E-state index contributed by atoms with van der Waals surface area (Å²) in [7, 11) is 0. The van der Waals surface area contributed by atoms with E-state index in [0.29, 0.717) is 12.1 Å². The molecule has 1 aliphatic rings. The Morgan fingerprint density at radius 3 is 2.80 bits per heavy atom. The van der Waals surface area contributed by atoms with Gasteiger partial charge in [-0.25, -0.2) is 0 Å². The summed E-state index contributed by atoms with van der Waals surface area (Å²) in [6, 6.07) is 4.58. The largest absolute Gasteiger partial charge is 0.371 e. The van der Waals surface area contributed by atoms with Gasteiger partial charge in [0.15, 0.2) is 0 Å². The van der Waals surface area contributed by atoms with Crippen LogP contribution in [0.2, 0.25) is 0 Å². The summed E-state index contributed by atoms with van der Waals surface area (Å²) < 4.78 is 5.95. The van der Waals surface area contributed by atoms with E-state index in [0.717, 1.165) is 13.0 Å². The number of ether oxygens (including phenoxy) is 1. The van der Waals surface area contributed by atoms with Gasteiger partial charge in [0.2, 0.25) is 0 Å². The first-order chi connectivity index (χ1) is 7.04. The van der Waals surface area contributed by atoms with Crippen LogP contribution in [0.4, 0.5) is 0 Å². The standard InChI is InChI=1S/C12H20N2O/c1-12(2,3)15-9-7-11(14-8-9)10-5-4-6-13-10/h4-6,9,11,13-14H,7-8H2,1-3H3/t9-,11+/m1/s1. The van der Waals surface area contributed by atoms with E-state index in [2.05, 4.69) is 37.1 Å². The number of H-pyrrole nitrogens is 1. The Kier molecular flexibility index (Phi) is 2.85. The molecule has 84 valence electrons. The molecule has 3 nitrogen and oxygen atoms in total. The van der Waals surface area contributed by atoms with Gasteiger partial charge in [-0.15, -0.1) is 0 Å². The Balaban J connectivity index is 1.90. The first-order valence-corrected chi connectivity index (χ1v) is 5.59. The lowest BCUT2D eigenvalue weighted by Gasteiger charge is -2.24. The summed E-state index contributed by atoms with van der Waals surface area (Å²) in [5, 5.41) is 3.48. The first kappa shape index (κ1) is 10.7. The molecule has 0 saturated carbocycles. The molecule has 2 rings (SSSR count). The van der Waals surface area contributed by atoms with E-state index in [1.807, 2.05) is 12.3 Å². The van der Waals surface area contributed by atoms with Crippen LogP contribution in [0.1, 0.15) is 38.9 Å². The van der Waals surface area contributed by atoms with E-state index >= 15 is 0 Å². The van der Waals surface area contributed by atoms with Gasteiger partial charge in [-0.2, -0.15) is 0 Å². The van der Waals surface area contributed by atoms with Crippen LogP contribution in [-0.4, -0.2) is 23.2 Å². The lowest BCUT2D eigenvalue weighted by atomic mass is 10.1. The predicted octanol–water partition coefficient (Wildman–Crippen LogP) is 2.23. The summed E-state index contributed by atoms with van der Waals surface area (Å²) in [6.45, 7) is 7.26. The van der Waals surface area contributed by atoms with Crippen LogP contribution in [0.25, 0.3) is 0 Å². The average molecular weight is 208 g/mol. The van der Waals surface area contributed by atoms with Gasteiger partial charge < -0.3 is 15.0 Å². The molecule has 0 unspecified atom stereocenters. The van der Waals surface area contributed by atoms with Crippen molar-refractivity contribution < 1.29 is 4.74 Å². The Morgan fingerprint density at radius 1 is 1.40 bits per heavy atom. The van der Waals surface area contributed by atoms with Crippen LogP contribution in [0.5, 0.6) is 0 Å². The monoisotopic (exact) mass is 208 g/mol. The molecule has 2 N–H and O–H groups in total. The molecule has 15 heavy (non-hydrogen) atoms. The van der Waals surface area contributed by atoms with Crippen molar-refractivity contribution in [2.24, 2.45) is 0 Å². The van der Waals surface area contributed by atoms with Crippen molar-refractivity contribution in [3.63, 3.8) is 0 Å². The zero-order chi connectivity index (χ0) is 10.9. The predicted molar refractivity (Wildman–Crippen MR) is 60.8 cm³/mol. The van der Waals surface area contributed by atoms with Crippen molar-refractivity contribution in [1.82, 2.24) is 10.3 Å². The fraction of sp³-hybridized carbons (Fsp3) is 0.667. The van der Waals surface area contributed by atoms with E-state index < -0.39 is 0 Å². The van der Waals surface area contributed by atoms with Gasteiger partial charge in [0, 0.05) is 24.5 Å². The van der Waals surface area contributed by atoms with Gasteiger partial charge in [-0.3, -0.25) is 0 Å². The molecule has 1 fully saturated rings. The molecule has 0 aliphatic carbocycles. The normalized spacial score (nSPS) is 27.1. The Labute approximate surface area is 91.2 Å². The zero-order valence-electron chi connectivity index (χ0n) is 9.71. The Morgan fingerprint density at radius 2 is 2.20 bits per heavy atom. The zero-order valence-corrected chi connectivity index (χ0v) is 9.71. The van der Waals surface area contributed by atoms with E-state index in [-0.39, 0.29) is 5.60 Å². The van der Waals surface area contributed by atoms with Gasteiger partial charge in [0.1, 0.15) is 0 Å². The third-order valence-electron chi connectivity index (χ3n) is 2.61. The second kappa shape index (κ2) is 3.99. The number of rotatable bonds is 2. The van der Waals surface area contributed by atoms with Crippen LogP contribution in [0.3, 0.4) is 0 Å². The molecule has 3 heteroatoms. The quantitative estimate of drug-likeness (QED) is 0.782.